The zero-order valence-electron chi connectivity index (χ0n) is 8.15. The molecule has 1 saturated heterocycles. The van der Waals surface area contributed by atoms with Gasteiger partial charge in [0.2, 0.25) is 0 Å². The fourth-order valence-electron chi connectivity index (χ4n) is 1.70. The van der Waals surface area contributed by atoms with Crippen LogP contribution in [0.1, 0.15) is 11.1 Å². The molecular weight excluding hydrogens is 195 g/mol. The van der Waals surface area contributed by atoms with E-state index in [1.165, 1.54) is 12.1 Å². The van der Waals surface area contributed by atoms with E-state index < -0.39 is 0 Å². The Hall–Kier alpha value is -1.44. The summed E-state index contributed by atoms with van der Waals surface area (Å²) in [6.07, 6.45) is -0.254. The molecule has 1 fully saturated rings. The molecule has 0 unspecified atom stereocenters. The molecule has 0 bridgehead atoms. The van der Waals surface area contributed by atoms with Crippen molar-refractivity contribution >= 4 is 0 Å². The molecule has 2 rings (SSSR count). The van der Waals surface area contributed by atoms with Crippen LogP contribution in [0.25, 0.3) is 0 Å². The smallest absolute Gasteiger partial charge is 0.124 e. The third-order valence-electron chi connectivity index (χ3n) is 2.52. The predicted molar refractivity (Wildman–Crippen MR) is 52.4 cm³/mol. The van der Waals surface area contributed by atoms with Gasteiger partial charge in [-0.05, 0) is 17.7 Å². The summed E-state index contributed by atoms with van der Waals surface area (Å²) in [4.78, 5) is 2.01. The second-order valence-electron chi connectivity index (χ2n) is 3.76. The largest absolute Gasteiger partial charge is 0.390 e. The Kier molecular flexibility index (Phi) is 2.67. The van der Waals surface area contributed by atoms with E-state index in [1.807, 2.05) is 11.0 Å². The normalized spacial score (nSPS) is 17.1. The quantitative estimate of drug-likeness (QED) is 0.781. The third kappa shape index (κ3) is 2.14. The number of hydrogen-bond acceptors (Lipinski definition) is 3. The summed E-state index contributed by atoms with van der Waals surface area (Å²) in [6, 6.07) is 6.19. The van der Waals surface area contributed by atoms with E-state index in [2.05, 4.69) is 0 Å². The van der Waals surface area contributed by atoms with Crippen molar-refractivity contribution in [3.8, 4) is 6.07 Å². The molecule has 0 atom stereocenters. The number of likely N-dealkylation sites (tertiary alicyclic amines) is 1. The number of benzene rings is 1. The Morgan fingerprint density at radius 3 is 2.87 bits per heavy atom. The van der Waals surface area contributed by atoms with Gasteiger partial charge in [0.15, 0.2) is 0 Å². The van der Waals surface area contributed by atoms with E-state index in [1.54, 1.807) is 6.07 Å². The van der Waals surface area contributed by atoms with Crippen molar-refractivity contribution in [1.29, 1.82) is 5.26 Å². The molecule has 1 aliphatic rings. The van der Waals surface area contributed by atoms with Crippen molar-refractivity contribution in [2.75, 3.05) is 13.1 Å². The number of aliphatic hydroxyl groups is 1. The van der Waals surface area contributed by atoms with Gasteiger partial charge in [0.25, 0.3) is 0 Å². The van der Waals surface area contributed by atoms with Gasteiger partial charge in [-0.15, -0.1) is 0 Å². The van der Waals surface area contributed by atoms with Gasteiger partial charge in [-0.25, -0.2) is 4.39 Å². The number of halogens is 1. The lowest BCUT2D eigenvalue weighted by atomic mass is 10.1. The summed E-state index contributed by atoms with van der Waals surface area (Å²) in [5, 5.41) is 17.9. The lowest BCUT2D eigenvalue weighted by Crippen LogP contribution is -2.49. The molecule has 1 aromatic rings. The lowest BCUT2D eigenvalue weighted by Gasteiger charge is -2.35. The van der Waals surface area contributed by atoms with Crippen LogP contribution in [0.4, 0.5) is 4.39 Å². The second kappa shape index (κ2) is 3.97. The maximum absolute atomic E-state index is 12.8. The third-order valence-corrected chi connectivity index (χ3v) is 2.52. The average Bonchev–Trinajstić information content (AvgIpc) is 2.18. The molecule has 0 amide bonds. The predicted octanol–water partition coefficient (Wildman–Crippen LogP) is 0.874. The van der Waals surface area contributed by atoms with E-state index in [-0.39, 0.29) is 11.9 Å². The van der Waals surface area contributed by atoms with Gasteiger partial charge in [-0.2, -0.15) is 5.26 Å². The molecule has 0 aromatic heterocycles. The van der Waals surface area contributed by atoms with Gasteiger partial charge >= 0.3 is 0 Å². The topological polar surface area (TPSA) is 47.3 Å². The van der Waals surface area contributed by atoms with Gasteiger partial charge in [0.1, 0.15) is 5.82 Å². The van der Waals surface area contributed by atoms with Crippen LogP contribution < -0.4 is 0 Å². The molecule has 0 saturated carbocycles. The molecule has 1 aliphatic heterocycles. The van der Waals surface area contributed by atoms with Crippen molar-refractivity contribution < 1.29 is 9.50 Å². The molecule has 1 heterocycles. The van der Waals surface area contributed by atoms with Crippen molar-refractivity contribution in [3.05, 3.63) is 35.1 Å². The van der Waals surface area contributed by atoms with Crippen molar-refractivity contribution in [1.82, 2.24) is 4.90 Å². The number of aliphatic hydroxyl groups excluding tert-OH is 1. The highest BCUT2D eigenvalue weighted by molar-refractivity contribution is 5.37. The zero-order valence-corrected chi connectivity index (χ0v) is 8.15. The number of rotatable bonds is 2. The Morgan fingerprint density at radius 2 is 2.27 bits per heavy atom. The summed E-state index contributed by atoms with van der Waals surface area (Å²) >= 11 is 0. The van der Waals surface area contributed by atoms with Crippen LogP contribution in [0.3, 0.4) is 0 Å². The fraction of sp³-hybridized carbons (Fsp3) is 0.364. The molecule has 1 aromatic carbocycles. The van der Waals surface area contributed by atoms with Gasteiger partial charge in [-0.1, -0.05) is 6.07 Å². The fourth-order valence-corrected chi connectivity index (χ4v) is 1.70. The molecule has 0 aliphatic carbocycles. The van der Waals surface area contributed by atoms with Gasteiger partial charge in [0.05, 0.1) is 17.7 Å². The van der Waals surface area contributed by atoms with Crippen LogP contribution in [0.5, 0.6) is 0 Å². The summed E-state index contributed by atoms with van der Waals surface area (Å²) in [5.74, 6) is -0.390. The Morgan fingerprint density at radius 1 is 1.53 bits per heavy atom. The average molecular weight is 206 g/mol. The van der Waals surface area contributed by atoms with Crippen LogP contribution in [-0.4, -0.2) is 29.2 Å². The number of hydrogen-bond donors (Lipinski definition) is 1. The van der Waals surface area contributed by atoms with Crippen LogP contribution >= 0.6 is 0 Å². The lowest BCUT2D eigenvalue weighted by molar-refractivity contribution is -0.00291. The second-order valence-corrected chi connectivity index (χ2v) is 3.76. The van der Waals surface area contributed by atoms with Gasteiger partial charge in [0, 0.05) is 19.6 Å². The molecule has 15 heavy (non-hydrogen) atoms. The SMILES string of the molecule is N#Cc1cc(F)ccc1CN1CC(O)C1. The van der Waals surface area contributed by atoms with Crippen molar-refractivity contribution in [2.45, 2.75) is 12.6 Å². The van der Waals surface area contributed by atoms with E-state index in [0.717, 1.165) is 5.56 Å². The first-order valence-corrected chi connectivity index (χ1v) is 4.78. The molecule has 3 nitrogen and oxygen atoms in total. The van der Waals surface area contributed by atoms with Crippen LogP contribution in [0.2, 0.25) is 0 Å². The number of nitrogens with zero attached hydrogens (tertiary/aromatic N) is 2. The first-order valence-electron chi connectivity index (χ1n) is 4.78. The highest BCUT2D eigenvalue weighted by Gasteiger charge is 2.24. The minimum Gasteiger partial charge on any atom is -0.390 e. The number of β-amino-alcohol motifs (C(OH)–C–C–N with tert-alkyl or cyclic N) is 1. The first-order chi connectivity index (χ1) is 7.19. The first kappa shape index (κ1) is 10.1. The van der Waals surface area contributed by atoms with E-state index >= 15 is 0 Å². The molecule has 0 radical (unpaired) electrons. The Labute approximate surface area is 87.4 Å². The van der Waals surface area contributed by atoms with Gasteiger partial charge < -0.3 is 5.11 Å². The summed E-state index contributed by atoms with van der Waals surface area (Å²) in [7, 11) is 0. The molecule has 4 heteroatoms. The minimum absolute atomic E-state index is 0.254. The molecule has 0 spiro atoms. The van der Waals surface area contributed by atoms with Crippen LogP contribution in [-0.2, 0) is 6.54 Å². The standard InChI is InChI=1S/C11H11FN2O/c12-10-2-1-8(9(3-10)4-13)5-14-6-11(15)7-14/h1-3,11,15H,5-7H2. The number of nitriles is 1. The van der Waals surface area contributed by atoms with Crippen molar-refractivity contribution in [2.24, 2.45) is 0 Å². The maximum atomic E-state index is 12.8. The molecular formula is C11H11FN2O. The van der Waals surface area contributed by atoms with E-state index in [4.69, 9.17) is 10.4 Å². The van der Waals surface area contributed by atoms with Crippen molar-refractivity contribution in [3.63, 3.8) is 0 Å². The Bertz CT molecular complexity index is 408. The highest BCUT2D eigenvalue weighted by Crippen LogP contribution is 2.16. The molecule has 78 valence electrons. The minimum atomic E-state index is -0.390. The zero-order chi connectivity index (χ0) is 10.8. The van der Waals surface area contributed by atoms with Crippen LogP contribution in [0, 0.1) is 17.1 Å². The van der Waals surface area contributed by atoms with E-state index in [9.17, 15) is 4.39 Å². The molecule has 1 N–H and O–H groups in total. The van der Waals surface area contributed by atoms with Crippen LogP contribution in [0.15, 0.2) is 18.2 Å². The Balaban J connectivity index is 2.11. The monoisotopic (exact) mass is 206 g/mol. The van der Waals surface area contributed by atoms with Gasteiger partial charge in [-0.3, -0.25) is 4.90 Å². The maximum Gasteiger partial charge on any atom is 0.124 e. The summed E-state index contributed by atoms with van der Waals surface area (Å²) in [5.41, 5.74) is 1.18. The summed E-state index contributed by atoms with van der Waals surface area (Å²) < 4.78 is 12.8. The highest BCUT2D eigenvalue weighted by atomic mass is 19.1. The van der Waals surface area contributed by atoms with E-state index in [0.29, 0.717) is 25.2 Å². The summed E-state index contributed by atoms with van der Waals surface area (Å²) in [6.45, 7) is 1.85.